The zero-order valence-corrected chi connectivity index (χ0v) is 7.48. The highest BCUT2D eigenvalue weighted by molar-refractivity contribution is 9.08. The number of nitrogens with two attached hydrogens (primary N) is 1. The first-order valence-corrected chi connectivity index (χ1v) is 4.20. The Balaban J connectivity index is 3.09. The van der Waals surface area contributed by atoms with Crippen molar-refractivity contribution in [2.24, 2.45) is 0 Å². The van der Waals surface area contributed by atoms with Crippen molar-refractivity contribution in [3.8, 4) is 0 Å². The van der Waals surface area contributed by atoms with Gasteiger partial charge in [0, 0.05) is 10.9 Å². The molecule has 0 amide bonds. The first kappa shape index (κ1) is 7.82. The first-order valence-electron chi connectivity index (χ1n) is 2.70. The molecule has 0 unspecified atom stereocenters. The van der Waals surface area contributed by atoms with E-state index >= 15 is 0 Å². The molecule has 2 nitrogen and oxygen atoms in total. The Labute approximate surface area is 72.5 Å². The van der Waals surface area contributed by atoms with E-state index in [0.29, 0.717) is 16.2 Å². The van der Waals surface area contributed by atoms with Crippen molar-refractivity contribution in [1.29, 1.82) is 0 Å². The zero-order chi connectivity index (χ0) is 7.56. The molecule has 0 aliphatic rings. The van der Waals surface area contributed by atoms with Gasteiger partial charge in [-0.2, -0.15) is 0 Å². The third kappa shape index (κ3) is 1.61. The lowest BCUT2D eigenvalue weighted by Gasteiger charge is -1.98. The van der Waals surface area contributed by atoms with Gasteiger partial charge in [-0.05, 0) is 6.07 Å². The number of hydrogen-bond donors (Lipinski definition) is 1. The molecule has 2 N–H and O–H groups in total. The number of hydrogen-bond acceptors (Lipinski definition) is 2. The molecular formula is C6H6BrClN2. The van der Waals surface area contributed by atoms with Gasteiger partial charge in [0.2, 0.25) is 0 Å². The summed E-state index contributed by atoms with van der Waals surface area (Å²) in [7, 11) is 0. The Bertz CT molecular complexity index is 239. The second kappa shape index (κ2) is 3.21. The van der Waals surface area contributed by atoms with Crippen LogP contribution in [0.4, 0.5) is 5.69 Å². The molecule has 54 valence electrons. The molecule has 0 aliphatic heterocycles. The normalized spacial score (nSPS) is 9.80. The van der Waals surface area contributed by atoms with E-state index in [1.807, 2.05) is 0 Å². The van der Waals surface area contributed by atoms with E-state index in [9.17, 15) is 0 Å². The van der Waals surface area contributed by atoms with Crippen LogP contribution in [0.2, 0.25) is 5.15 Å². The number of halogens is 2. The van der Waals surface area contributed by atoms with Gasteiger partial charge in [0.05, 0.1) is 11.9 Å². The molecule has 0 fully saturated rings. The Kier molecular flexibility index (Phi) is 2.51. The van der Waals surface area contributed by atoms with Gasteiger partial charge in [-0.15, -0.1) is 0 Å². The van der Waals surface area contributed by atoms with Crippen molar-refractivity contribution in [3.63, 3.8) is 0 Å². The van der Waals surface area contributed by atoms with Crippen LogP contribution in [0.25, 0.3) is 0 Å². The van der Waals surface area contributed by atoms with Crippen molar-refractivity contribution < 1.29 is 0 Å². The van der Waals surface area contributed by atoms with Gasteiger partial charge < -0.3 is 5.73 Å². The predicted octanol–water partition coefficient (Wildman–Crippen LogP) is 2.21. The van der Waals surface area contributed by atoms with Crippen LogP contribution >= 0.6 is 27.5 Å². The molecule has 0 aromatic carbocycles. The maximum Gasteiger partial charge on any atom is 0.133 e. The zero-order valence-electron chi connectivity index (χ0n) is 5.14. The largest absolute Gasteiger partial charge is 0.397 e. The fourth-order valence-corrected chi connectivity index (χ4v) is 1.36. The van der Waals surface area contributed by atoms with Crippen molar-refractivity contribution in [2.45, 2.75) is 5.33 Å². The van der Waals surface area contributed by atoms with Gasteiger partial charge in [0.25, 0.3) is 0 Å². The predicted molar refractivity (Wildman–Crippen MR) is 46.3 cm³/mol. The van der Waals surface area contributed by atoms with Gasteiger partial charge in [0.1, 0.15) is 5.15 Å². The maximum atomic E-state index is 5.70. The number of rotatable bonds is 1. The topological polar surface area (TPSA) is 38.9 Å². The molecule has 0 atom stereocenters. The molecule has 1 aromatic heterocycles. The molecule has 1 heterocycles. The highest BCUT2D eigenvalue weighted by Crippen LogP contribution is 2.17. The summed E-state index contributed by atoms with van der Waals surface area (Å²) in [6.07, 6.45) is 1.54. The Morgan fingerprint density at radius 2 is 2.40 bits per heavy atom. The Hall–Kier alpha value is -0.280. The van der Waals surface area contributed by atoms with E-state index in [1.54, 1.807) is 6.07 Å². The summed E-state index contributed by atoms with van der Waals surface area (Å²) in [4.78, 5) is 3.86. The van der Waals surface area contributed by atoms with E-state index in [0.717, 1.165) is 5.56 Å². The van der Waals surface area contributed by atoms with Crippen molar-refractivity contribution in [2.75, 3.05) is 5.73 Å². The van der Waals surface area contributed by atoms with E-state index in [1.165, 1.54) is 6.20 Å². The van der Waals surface area contributed by atoms with Gasteiger partial charge in [0.15, 0.2) is 0 Å². The highest BCUT2D eigenvalue weighted by atomic mass is 79.9. The highest BCUT2D eigenvalue weighted by Gasteiger charge is 1.98. The minimum Gasteiger partial charge on any atom is -0.397 e. The second-order valence-electron chi connectivity index (χ2n) is 1.85. The number of alkyl halides is 1. The number of anilines is 1. The molecule has 0 spiro atoms. The van der Waals surface area contributed by atoms with Crippen LogP contribution in [0.15, 0.2) is 12.3 Å². The van der Waals surface area contributed by atoms with Crippen molar-refractivity contribution in [1.82, 2.24) is 4.98 Å². The summed E-state index contributed by atoms with van der Waals surface area (Å²) >= 11 is 8.96. The molecule has 1 rings (SSSR count). The molecule has 0 saturated heterocycles. The van der Waals surface area contributed by atoms with Crippen LogP contribution in [0.3, 0.4) is 0 Å². The van der Waals surface area contributed by atoms with Gasteiger partial charge >= 0.3 is 0 Å². The van der Waals surface area contributed by atoms with Crippen LogP contribution in [-0.2, 0) is 5.33 Å². The minimum absolute atomic E-state index is 0.506. The minimum atomic E-state index is 0.506. The molecular weight excluding hydrogens is 215 g/mol. The summed E-state index contributed by atoms with van der Waals surface area (Å²) in [5.74, 6) is 0. The van der Waals surface area contributed by atoms with E-state index in [4.69, 9.17) is 17.3 Å². The van der Waals surface area contributed by atoms with Gasteiger partial charge in [-0.1, -0.05) is 27.5 Å². The summed E-state index contributed by atoms with van der Waals surface area (Å²) < 4.78 is 0. The lowest BCUT2D eigenvalue weighted by atomic mass is 10.3. The summed E-state index contributed by atoms with van der Waals surface area (Å²) in [5.41, 5.74) is 7.02. The van der Waals surface area contributed by atoms with Crippen molar-refractivity contribution >= 4 is 33.2 Å². The average Bonchev–Trinajstić information content (AvgIpc) is 1.94. The quantitative estimate of drug-likeness (QED) is 0.583. The summed E-state index contributed by atoms with van der Waals surface area (Å²) in [6, 6.07) is 1.80. The lowest BCUT2D eigenvalue weighted by Crippen LogP contribution is -1.90. The fraction of sp³-hybridized carbons (Fsp3) is 0.167. The van der Waals surface area contributed by atoms with Crippen LogP contribution in [0.5, 0.6) is 0 Å². The SMILES string of the molecule is Nc1cnc(Cl)c(CBr)c1. The monoisotopic (exact) mass is 220 g/mol. The maximum absolute atomic E-state index is 5.70. The van der Waals surface area contributed by atoms with Gasteiger partial charge in [-0.3, -0.25) is 0 Å². The Morgan fingerprint density at radius 3 is 2.90 bits per heavy atom. The molecule has 0 radical (unpaired) electrons. The molecule has 4 heteroatoms. The smallest absolute Gasteiger partial charge is 0.133 e. The van der Waals surface area contributed by atoms with Crippen LogP contribution in [-0.4, -0.2) is 4.98 Å². The molecule has 0 aliphatic carbocycles. The van der Waals surface area contributed by atoms with Crippen LogP contribution in [0, 0.1) is 0 Å². The lowest BCUT2D eigenvalue weighted by molar-refractivity contribution is 1.26. The molecule has 1 aromatic rings. The third-order valence-corrected chi connectivity index (χ3v) is 2.02. The van der Waals surface area contributed by atoms with Crippen molar-refractivity contribution in [3.05, 3.63) is 23.0 Å². The molecule has 0 bridgehead atoms. The average molecular weight is 221 g/mol. The second-order valence-corrected chi connectivity index (χ2v) is 2.77. The molecule has 10 heavy (non-hydrogen) atoms. The Morgan fingerprint density at radius 1 is 1.70 bits per heavy atom. The summed E-state index contributed by atoms with van der Waals surface area (Å²) in [6.45, 7) is 0. The third-order valence-electron chi connectivity index (χ3n) is 1.08. The number of aromatic nitrogens is 1. The standard InChI is InChI=1S/C6H6BrClN2/c7-2-4-1-5(9)3-10-6(4)8/h1,3H,2,9H2. The van der Waals surface area contributed by atoms with E-state index < -0.39 is 0 Å². The fourth-order valence-electron chi connectivity index (χ4n) is 0.606. The van der Waals surface area contributed by atoms with Crippen LogP contribution in [0.1, 0.15) is 5.56 Å². The van der Waals surface area contributed by atoms with Gasteiger partial charge in [-0.25, -0.2) is 4.98 Å². The number of pyridine rings is 1. The van der Waals surface area contributed by atoms with E-state index in [-0.39, 0.29) is 0 Å². The molecule has 0 saturated carbocycles. The van der Waals surface area contributed by atoms with E-state index in [2.05, 4.69) is 20.9 Å². The number of nitrogens with zero attached hydrogens (tertiary/aromatic N) is 1. The van der Waals surface area contributed by atoms with Crippen LogP contribution < -0.4 is 5.73 Å². The summed E-state index contributed by atoms with van der Waals surface area (Å²) in [5, 5.41) is 1.19. The number of nitrogen functional groups attached to an aromatic ring is 1. The first-order chi connectivity index (χ1) is 4.74.